The molecule has 0 unspecified atom stereocenters. The molecule has 6 nitrogen and oxygen atoms in total. The van der Waals surface area contributed by atoms with Crippen LogP contribution < -0.4 is 20.1 Å². The minimum atomic E-state index is -0.306. The summed E-state index contributed by atoms with van der Waals surface area (Å²) < 4.78 is 16.3. The third-order valence-electron chi connectivity index (χ3n) is 3.37. The summed E-state index contributed by atoms with van der Waals surface area (Å²) >= 11 is 6.34. The number of nitrogens with one attached hydrogen (secondary N) is 2. The van der Waals surface area contributed by atoms with Gasteiger partial charge in [0.1, 0.15) is 0 Å². The molecule has 0 atom stereocenters. The average Bonchev–Trinajstić information content (AvgIpc) is 2.55. The number of carbonyl (C=O) groups excluding carboxylic acids is 1. The van der Waals surface area contributed by atoms with Crippen LogP contribution in [0.1, 0.15) is 39.7 Å². The van der Waals surface area contributed by atoms with Gasteiger partial charge in [0.25, 0.3) is 5.91 Å². The van der Waals surface area contributed by atoms with Crippen LogP contribution in [0, 0.1) is 0 Å². The van der Waals surface area contributed by atoms with Crippen LogP contribution in [0.2, 0.25) is 5.02 Å². The number of rotatable bonds is 11. The number of amides is 1. The van der Waals surface area contributed by atoms with Crippen molar-refractivity contribution in [3.8, 4) is 11.5 Å². The Hall–Kier alpha value is -1.50. The molecular formula is C19H31ClN2O4. The van der Waals surface area contributed by atoms with Crippen molar-refractivity contribution in [1.82, 2.24) is 10.6 Å². The van der Waals surface area contributed by atoms with E-state index in [4.69, 9.17) is 25.8 Å². The molecule has 0 aliphatic rings. The van der Waals surface area contributed by atoms with Crippen molar-refractivity contribution < 1.29 is 19.0 Å². The Morgan fingerprint density at radius 3 is 2.58 bits per heavy atom. The molecule has 0 saturated carbocycles. The first kappa shape index (κ1) is 22.5. The fourth-order valence-electron chi connectivity index (χ4n) is 2.25. The van der Waals surface area contributed by atoms with Crippen molar-refractivity contribution in [2.75, 3.05) is 33.5 Å². The Morgan fingerprint density at radius 2 is 1.96 bits per heavy atom. The van der Waals surface area contributed by atoms with E-state index >= 15 is 0 Å². The first-order chi connectivity index (χ1) is 12.3. The van der Waals surface area contributed by atoms with E-state index in [2.05, 4.69) is 10.6 Å². The predicted octanol–water partition coefficient (Wildman–Crippen LogP) is 3.16. The van der Waals surface area contributed by atoms with Gasteiger partial charge in [-0.1, -0.05) is 11.6 Å². The monoisotopic (exact) mass is 386 g/mol. The van der Waals surface area contributed by atoms with Crippen molar-refractivity contribution in [2.45, 2.75) is 46.2 Å². The van der Waals surface area contributed by atoms with Gasteiger partial charge in [0.15, 0.2) is 18.1 Å². The molecule has 0 spiro atoms. The van der Waals surface area contributed by atoms with Gasteiger partial charge >= 0.3 is 0 Å². The van der Waals surface area contributed by atoms with Gasteiger partial charge in [-0.15, -0.1) is 0 Å². The lowest BCUT2D eigenvalue weighted by Crippen LogP contribution is -2.43. The van der Waals surface area contributed by atoms with Gasteiger partial charge in [-0.25, -0.2) is 0 Å². The maximum absolute atomic E-state index is 11.9. The molecule has 0 fully saturated rings. The van der Waals surface area contributed by atoms with Crippen LogP contribution in [0.3, 0.4) is 0 Å². The summed E-state index contributed by atoms with van der Waals surface area (Å²) in [6.07, 6.45) is 0.937. The number of hydrogen-bond acceptors (Lipinski definition) is 5. The first-order valence-corrected chi connectivity index (χ1v) is 9.23. The first-order valence-electron chi connectivity index (χ1n) is 8.85. The molecule has 1 rings (SSSR count). The van der Waals surface area contributed by atoms with E-state index in [-0.39, 0.29) is 18.1 Å². The number of benzene rings is 1. The molecular weight excluding hydrogens is 356 g/mol. The molecule has 0 aliphatic carbocycles. The number of halogens is 1. The zero-order valence-electron chi connectivity index (χ0n) is 16.4. The van der Waals surface area contributed by atoms with Gasteiger partial charge in [-0.05, 0) is 52.3 Å². The van der Waals surface area contributed by atoms with Crippen molar-refractivity contribution in [2.24, 2.45) is 0 Å². The standard InChI is InChI=1S/C19H31ClN2O4/c1-6-25-9-7-8-21-12-14-10-16(24-5)17(11-15(14)20)26-13-18(23)22-19(2,3)4/h10-11,21H,6-9,12-13H2,1-5H3,(H,22,23). The highest BCUT2D eigenvalue weighted by atomic mass is 35.5. The molecule has 26 heavy (non-hydrogen) atoms. The molecule has 0 aromatic heterocycles. The lowest BCUT2D eigenvalue weighted by atomic mass is 10.1. The second-order valence-electron chi connectivity index (χ2n) is 6.91. The molecule has 1 aromatic carbocycles. The summed E-state index contributed by atoms with van der Waals surface area (Å²) in [6.45, 7) is 10.6. The highest BCUT2D eigenvalue weighted by Crippen LogP contribution is 2.33. The third kappa shape index (κ3) is 8.74. The zero-order valence-corrected chi connectivity index (χ0v) is 17.2. The van der Waals surface area contributed by atoms with Gasteiger partial charge in [-0.3, -0.25) is 4.79 Å². The number of carbonyl (C=O) groups is 1. The van der Waals surface area contributed by atoms with E-state index in [1.54, 1.807) is 13.2 Å². The molecule has 0 bridgehead atoms. The van der Waals surface area contributed by atoms with E-state index in [0.29, 0.717) is 23.1 Å². The summed E-state index contributed by atoms with van der Waals surface area (Å²) in [7, 11) is 1.56. The zero-order chi connectivity index (χ0) is 19.6. The summed E-state index contributed by atoms with van der Waals surface area (Å²) in [6, 6.07) is 3.51. The van der Waals surface area contributed by atoms with Gasteiger partial charge in [0.05, 0.1) is 7.11 Å². The van der Waals surface area contributed by atoms with E-state index in [1.165, 1.54) is 0 Å². The quantitative estimate of drug-likeness (QED) is 0.572. The number of hydrogen-bond donors (Lipinski definition) is 2. The van der Waals surface area contributed by atoms with Gasteiger partial charge in [0.2, 0.25) is 0 Å². The molecule has 0 heterocycles. The van der Waals surface area contributed by atoms with Crippen molar-refractivity contribution in [3.63, 3.8) is 0 Å². The Kier molecular flexibility index (Phi) is 9.76. The Morgan fingerprint density at radius 1 is 1.23 bits per heavy atom. The van der Waals surface area contributed by atoms with Crippen LogP contribution >= 0.6 is 11.6 Å². The van der Waals surface area contributed by atoms with Crippen molar-refractivity contribution >= 4 is 17.5 Å². The SMILES string of the molecule is CCOCCCNCc1cc(OC)c(OCC(=O)NC(C)(C)C)cc1Cl. The average molecular weight is 387 g/mol. The maximum atomic E-state index is 11.9. The van der Waals surface area contributed by atoms with Gasteiger partial charge in [-0.2, -0.15) is 0 Å². The molecule has 7 heteroatoms. The maximum Gasteiger partial charge on any atom is 0.258 e. The van der Waals surface area contributed by atoms with E-state index in [9.17, 15) is 4.79 Å². The van der Waals surface area contributed by atoms with E-state index in [1.807, 2.05) is 33.8 Å². The van der Waals surface area contributed by atoms with E-state index in [0.717, 1.165) is 31.7 Å². The summed E-state index contributed by atoms with van der Waals surface area (Å²) in [5.74, 6) is 0.793. The van der Waals surface area contributed by atoms with Crippen molar-refractivity contribution in [3.05, 3.63) is 22.7 Å². The molecule has 1 aromatic rings. The predicted molar refractivity (Wildman–Crippen MR) is 104 cm³/mol. The van der Waals surface area contributed by atoms with Gasteiger partial charge < -0.3 is 24.8 Å². The molecule has 0 radical (unpaired) electrons. The fraction of sp³-hybridized carbons (Fsp3) is 0.632. The lowest BCUT2D eigenvalue weighted by molar-refractivity contribution is -0.124. The van der Waals surface area contributed by atoms with Crippen LogP contribution in [0.4, 0.5) is 0 Å². The summed E-state index contributed by atoms with van der Waals surface area (Å²) in [4.78, 5) is 11.9. The topological polar surface area (TPSA) is 68.8 Å². The van der Waals surface area contributed by atoms with Crippen LogP contribution in [-0.4, -0.2) is 44.9 Å². The molecule has 2 N–H and O–H groups in total. The molecule has 0 saturated heterocycles. The summed E-state index contributed by atoms with van der Waals surface area (Å²) in [5, 5.41) is 6.73. The lowest BCUT2D eigenvalue weighted by Gasteiger charge is -2.21. The smallest absolute Gasteiger partial charge is 0.258 e. The Balaban J connectivity index is 2.61. The summed E-state index contributed by atoms with van der Waals surface area (Å²) in [5.41, 5.74) is 0.603. The largest absolute Gasteiger partial charge is 0.493 e. The second kappa shape index (κ2) is 11.3. The Labute approximate surface area is 161 Å². The van der Waals surface area contributed by atoms with Crippen LogP contribution in [0.25, 0.3) is 0 Å². The minimum Gasteiger partial charge on any atom is -0.493 e. The molecule has 1 amide bonds. The fourth-order valence-corrected chi connectivity index (χ4v) is 2.47. The van der Waals surface area contributed by atoms with E-state index < -0.39 is 0 Å². The van der Waals surface area contributed by atoms with Crippen LogP contribution in [0.15, 0.2) is 12.1 Å². The number of ether oxygens (including phenoxy) is 3. The highest BCUT2D eigenvalue weighted by molar-refractivity contribution is 6.31. The molecule has 148 valence electrons. The number of methoxy groups -OCH3 is 1. The van der Waals surface area contributed by atoms with Crippen LogP contribution in [-0.2, 0) is 16.1 Å². The van der Waals surface area contributed by atoms with Crippen molar-refractivity contribution in [1.29, 1.82) is 0 Å². The minimum absolute atomic E-state index is 0.0982. The second-order valence-corrected chi connectivity index (χ2v) is 7.32. The normalized spacial score (nSPS) is 11.3. The van der Waals surface area contributed by atoms with Gasteiger partial charge in [0, 0.05) is 36.4 Å². The molecule has 0 aliphatic heterocycles. The third-order valence-corrected chi connectivity index (χ3v) is 3.72. The Bertz CT molecular complexity index is 573. The highest BCUT2D eigenvalue weighted by Gasteiger charge is 2.16. The van der Waals surface area contributed by atoms with Crippen LogP contribution in [0.5, 0.6) is 11.5 Å².